The third-order valence-electron chi connectivity index (χ3n) is 3.10. The van der Waals surface area contributed by atoms with Gasteiger partial charge in [-0.15, -0.1) is 0 Å². The number of nitrogens with one attached hydrogen (secondary N) is 1. The number of amides is 1. The van der Waals surface area contributed by atoms with Gasteiger partial charge in [-0.2, -0.15) is 0 Å². The first-order chi connectivity index (χ1) is 12.3. The summed E-state index contributed by atoms with van der Waals surface area (Å²) in [5, 5.41) is 11.8. The van der Waals surface area contributed by atoms with Gasteiger partial charge in [0.2, 0.25) is 0 Å². The summed E-state index contributed by atoms with van der Waals surface area (Å²) in [7, 11) is 0. The van der Waals surface area contributed by atoms with Gasteiger partial charge < -0.3 is 19.9 Å². The van der Waals surface area contributed by atoms with Crippen LogP contribution in [-0.2, 0) is 9.53 Å². The van der Waals surface area contributed by atoms with E-state index in [0.29, 0.717) is 6.07 Å². The minimum Gasteiger partial charge on any atom is -0.503 e. The molecule has 0 aliphatic heterocycles. The van der Waals surface area contributed by atoms with Gasteiger partial charge in [-0.05, 0) is 31.2 Å². The number of benzene rings is 2. The van der Waals surface area contributed by atoms with Crippen molar-refractivity contribution in [2.24, 2.45) is 0 Å². The van der Waals surface area contributed by atoms with E-state index in [9.17, 15) is 23.5 Å². The second-order valence-electron chi connectivity index (χ2n) is 4.99. The Morgan fingerprint density at radius 3 is 2.62 bits per heavy atom. The molecule has 0 heterocycles. The number of halogens is 3. The average Bonchev–Trinajstić information content (AvgIpc) is 2.59. The number of rotatable bonds is 6. The van der Waals surface area contributed by atoms with Crippen LogP contribution in [0.3, 0.4) is 0 Å². The predicted molar refractivity (Wildman–Crippen MR) is 89.6 cm³/mol. The van der Waals surface area contributed by atoms with Gasteiger partial charge >= 0.3 is 5.97 Å². The maximum absolute atomic E-state index is 13.5. The molecule has 2 aromatic rings. The number of esters is 1. The molecule has 0 spiro atoms. The first-order valence-corrected chi connectivity index (χ1v) is 7.77. The van der Waals surface area contributed by atoms with Crippen molar-refractivity contribution in [3.8, 4) is 11.5 Å². The fourth-order valence-electron chi connectivity index (χ4n) is 1.95. The summed E-state index contributed by atoms with van der Waals surface area (Å²) >= 11 is 5.81. The van der Waals surface area contributed by atoms with E-state index in [-0.39, 0.29) is 34.4 Å². The Bertz CT molecular complexity index is 844. The van der Waals surface area contributed by atoms with Crippen LogP contribution in [0.5, 0.6) is 11.5 Å². The molecule has 0 aliphatic carbocycles. The van der Waals surface area contributed by atoms with E-state index in [1.165, 1.54) is 6.07 Å². The highest BCUT2D eigenvalue weighted by molar-refractivity contribution is 6.32. The van der Waals surface area contributed by atoms with Crippen molar-refractivity contribution in [3.05, 3.63) is 52.6 Å². The van der Waals surface area contributed by atoms with Crippen LogP contribution in [0.1, 0.15) is 17.3 Å². The van der Waals surface area contributed by atoms with E-state index in [4.69, 9.17) is 21.1 Å². The SMILES string of the molecule is CCOc1cc(C(=O)OCC(=O)Nc2ccc(F)cc2F)cc(Cl)c1O. The minimum absolute atomic E-state index is 0.00946. The maximum Gasteiger partial charge on any atom is 0.338 e. The number of phenolic OH excluding ortho intramolecular Hbond substituents is 1. The highest BCUT2D eigenvalue weighted by Gasteiger charge is 2.17. The average molecular weight is 386 g/mol. The molecule has 26 heavy (non-hydrogen) atoms. The Morgan fingerprint density at radius 1 is 1.23 bits per heavy atom. The molecular weight excluding hydrogens is 372 g/mol. The van der Waals surface area contributed by atoms with E-state index in [0.717, 1.165) is 18.2 Å². The van der Waals surface area contributed by atoms with Gasteiger partial charge in [0.25, 0.3) is 5.91 Å². The van der Waals surface area contributed by atoms with Crippen molar-refractivity contribution in [2.45, 2.75) is 6.92 Å². The van der Waals surface area contributed by atoms with Crippen molar-refractivity contribution < 1.29 is 33.0 Å². The fraction of sp³-hybridized carbons (Fsp3) is 0.176. The molecule has 0 saturated heterocycles. The Labute approximate surface area is 152 Å². The van der Waals surface area contributed by atoms with Crippen molar-refractivity contribution in [2.75, 3.05) is 18.5 Å². The number of hydrogen-bond acceptors (Lipinski definition) is 5. The van der Waals surface area contributed by atoms with Gasteiger partial charge in [-0.3, -0.25) is 4.79 Å². The summed E-state index contributed by atoms with van der Waals surface area (Å²) in [4.78, 5) is 23.7. The molecule has 0 bridgehead atoms. The van der Waals surface area contributed by atoms with E-state index >= 15 is 0 Å². The van der Waals surface area contributed by atoms with Crippen molar-refractivity contribution in [1.82, 2.24) is 0 Å². The zero-order valence-electron chi connectivity index (χ0n) is 13.5. The van der Waals surface area contributed by atoms with E-state index in [2.05, 4.69) is 5.32 Å². The molecule has 1 amide bonds. The van der Waals surface area contributed by atoms with Crippen LogP contribution in [0.25, 0.3) is 0 Å². The van der Waals surface area contributed by atoms with E-state index in [1.54, 1.807) is 6.92 Å². The molecule has 2 rings (SSSR count). The molecular formula is C17H14ClF2NO5. The van der Waals surface area contributed by atoms with Crippen LogP contribution >= 0.6 is 11.6 Å². The number of carbonyl (C=O) groups is 2. The lowest BCUT2D eigenvalue weighted by molar-refractivity contribution is -0.119. The molecule has 0 saturated carbocycles. The van der Waals surface area contributed by atoms with Crippen molar-refractivity contribution >= 4 is 29.2 Å². The standard InChI is InChI=1S/C17H14ClF2NO5/c1-2-25-14-6-9(5-11(18)16(14)23)17(24)26-8-15(22)21-13-4-3-10(19)7-12(13)20/h3-7,23H,2,8H2,1H3,(H,21,22). The normalized spacial score (nSPS) is 10.3. The third-order valence-corrected chi connectivity index (χ3v) is 3.39. The largest absolute Gasteiger partial charge is 0.503 e. The minimum atomic E-state index is -0.962. The maximum atomic E-state index is 13.5. The lowest BCUT2D eigenvalue weighted by Gasteiger charge is -2.10. The van der Waals surface area contributed by atoms with Gasteiger partial charge in [0.1, 0.15) is 11.6 Å². The zero-order valence-corrected chi connectivity index (χ0v) is 14.3. The Balaban J connectivity index is 2.00. The lowest BCUT2D eigenvalue weighted by atomic mass is 10.2. The van der Waals surface area contributed by atoms with Crippen molar-refractivity contribution in [3.63, 3.8) is 0 Å². The molecule has 138 valence electrons. The van der Waals surface area contributed by atoms with Gasteiger partial charge in [-0.25, -0.2) is 13.6 Å². The molecule has 0 fully saturated rings. The molecule has 0 radical (unpaired) electrons. The summed E-state index contributed by atoms with van der Waals surface area (Å²) in [5.41, 5.74) is -0.296. The first-order valence-electron chi connectivity index (χ1n) is 7.39. The summed E-state index contributed by atoms with van der Waals surface area (Å²) in [6, 6.07) is 4.98. The lowest BCUT2D eigenvalue weighted by Crippen LogP contribution is -2.21. The van der Waals surface area contributed by atoms with Crippen LogP contribution in [0.2, 0.25) is 5.02 Å². The monoisotopic (exact) mass is 385 g/mol. The molecule has 0 aliphatic rings. The van der Waals surface area contributed by atoms with Crippen LogP contribution in [-0.4, -0.2) is 30.2 Å². The topological polar surface area (TPSA) is 84.9 Å². The first kappa shape index (κ1) is 19.5. The van der Waals surface area contributed by atoms with Gasteiger partial charge in [-0.1, -0.05) is 11.6 Å². The van der Waals surface area contributed by atoms with E-state index in [1.807, 2.05) is 0 Å². The molecule has 0 unspecified atom stereocenters. The number of hydrogen-bond donors (Lipinski definition) is 2. The molecule has 0 aromatic heterocycles. The molecule has 9 heteroatoms. The van der Waals surface area contributed by atoms with Crippen LogP contribution < -0.4 is 10.1 Å². The second-order valence-corrected chi connectivity index (χ2v) is 5.39. The Kier molecular flexibility index (Phi) is 6.35. The highest BCUT2D eigenvalue weighted by Crippen LogP contribution is 2.35. The van der Waals surface area contributed by atoms with Gasteiger partial charge in [0.15, 0.2) is 18.1 Å². The van der Waals surface area contributed by atoms with Crippen molar-refractivity contribution in [1.29, 1.82) is 0 Å². The predicted octanol–water partition coefficient (Wildman–Crippen LogP) is 3.52. The smallest absolute Gasteiger partial charge is 0.338 e. The summed E-state index contributed by atoms with van der Waals surface area (Å²) in [5.74, 6) is -3.81. The van der Waals surface area contributed by atoms with Gasteiger partial charge in [0.05, 0.1) is 22.9 Å². The highest BCUT2D eigenvalue weighted by atomic mass is 35.5. The number of ether oxygens (including phenoxy) is 2. The Hall–Kier alpha value is -2.87. The number of aromatic hydroxyl groups is 1. The van der Waals surface area contributed by atoms with Crippen LogP contribution in [0.4, 0.5) is 14.5 Å². The Morgan fingerprint density at radius 2 is 1.96 bits per heavy atom. The summed E-state index contributed by atoms with van der Waals surface area (Å²) in [6.45, 7) is 1.20. The molecule has 2 N–H and O–H groups in total. The number of carbonyl (C=O) groups excluding carboxylic acids is 2. The molecule has 2 aromatic carbocycles. The molecule has 0 atom stereocenters. The van der Waals surface area contributed by atoms with Crippen LogP contribution in [0.15, 0.2) is 30.3 Å². The molecule has 6 nitrogen and oxygen atoms in total. The third kappa shape index (κ3) is 4.82. The quantitative estimate of drug-likeness (QED) is 0.743. The van der Waals surface area contributed by atoms with Gasteiger partial charge in [0, 0.05) is 6.07 Å². The summed E-state index contributed by atoms with van der Waals surface area (Å²) in [6.07, 6.45) is 0. The van der Waals surface area contributed by atoms with E-state index < -0.39 is 30.1 Å². The zero-order chi connectivity index (χ0) is 19.3. The number of phenols is 1. The second kappa shape index (κ2) is 8.48. The van der Waals surface area contributed by atoms with Crippen LogP contribution in [0, 0.1) is 11.6 Å². The number of anilines is 1. The summed E-state index contributed by atoms with van der Waals surface area (Å²) < 4.78 is 36.2. The fourth-order valence-corrected chi connectivity index (χ4v) is 2.16.